The van der Waals surface area contributed by atoms with Gasteiger partial charge in [0.05, 0.1) is 28.8 Å². The van der Waals surface area contributed by atoms with E-state index < -0.39 is 16.4 Å². The molecule has 0 saturated heterocycles. The van der Waals surface area contributed by atoms with E-state index in [9.17, 15) is 18.3 Å². The van der Waals surface area contributed by atoms with Crippen molar-refractivity contribution < 1.29 is 22.5 Å². The molecule has 3 N–H and O–H groups in total. The lowest BCUT2D eigenvalue weighted by Gasteiger charge is -2.13. The van der Waals surface area contributed by atoms with Crippen LogP contribution in [0.4, 0.5) is 0 Å². The van der Waals surface area contributed by atoms with Crippen LogP contribution >= 0.6 is 11.3 Å². The van der Waals surface area contributed by atoms with Gasteiger partial charge in [0.2, 0.25) is 5.78 Å². The van der Waals surface area contributed by atoms with E-state index in [1.807, 2.05) is 29.6 Å². The largest absolute Gasteiger partial charge is 0.393 e. The number of ketones is 1. The van der Waals surface area contributed by atoms with Gasteiger partial charge in [-0.25, -0.2) is 15.1 Å². The molecule has 0 spiro atoms. The third-order valence-corrected chi connectivity index (χ3v) is 7.82. The fraction of sp³-hybridized carbons (Fsp3) is 0.400. The van der Waals surface area contributed by atoms with E-state index in [1.54, 1.807) is 6.20 Å². The number of aliphatic hydroxyl groups excluding tert-OH is 1. The highest BCUT2D eigenvalue weighted by Gasteiger charge is 2.35. The topological polar surface area (TPSA) is 132 Å². The number of nitrogens with two attached hydrogens (primary N) is 1. The molecule has 0 unspecified atom stereocenters. The minimum absolute atomic E-state index is 0.0393. The zero-order valence-corrected chi connectivity index (χ0v) is 20.9. The zero-order valence-electron chi connectivity index (χ0n) is 19.2. The van der Waals surface area contributed by atoms with Crippen molar-refractivity contribution in [1.29, 1.82) is 0 Å². The summed E-state index contributed by atoms with van der Waals surface area (Å²) < 4.78 is 26.8. The number of rotatable bonds is 11. The maximum Gasteiger partial charge on any atom is 0.333 e. The van der Waals surface area contributed by atoms with Gasteiger partial charge in [-0.3, -0.25) is 8.98 Å². The lowest BCUT2D eigenvalue weighted by molar-refractivity contribution is 0.100. The molecule has 4 rings (SSSR count). The van der Waals surface area contributed by atoms with E-state index in [2.05, 4.69) is 26.3 Å². The number of carbonyl (C=O) groups excluding carboxylic acids is 1. The fourth-order valence-corrected chi connectivity index (χ4v) is 5.89. The SMILES string of the molecule is NS(=O)(=O)OC[C@H]1C[C@@H](Cc2ncncc2C(=O)c2cc(CCCc3ccccc3)cs2)C[C@@H]1O. The summed E-state index contributed by atoms with van der Waals surface area (Å²) in [6, 6.07) is 12.3. The first-order valence-electron chi connectivity index (χ1n) is 11.6. The van der Waals surface area contributed by atoms with Crippen LogP contribution in [0.25, 0.3) is 0 Å². The van der Waals surface area contributed by atoms with Gasteiger partial charge in [-0.15, -0.1) is 11.3 Å². The zero-order chi connectivity index (χ0) is 24.8. The van der Waals surface area contributed by atoms with Gasteiger partial charge < -0.3 is 5.11 Å². The predicted octanol–water partition coefficient (Wildman–Crippen LogP) is 3.09. The molecule has 10 heteroatoms. The molecular formula is C25H29N3O5S2. The molecule has 2 heterocycles. The molecule has 1 saturated carbocycles. The van der Waals surface area contributed by atoms with Crippen LogP contribution in [0.2, 0.25) is 0 Å². The van der Waals surface area contributed by atoms with Crippen LogP contribution < -0.4 is 5.14 Å². The Kier molecular flexibility index (Phi) is 8.40. The second kappa shape index (κ2) is 11.5. The van der Waals surface area contributed by atoms with Crippen molar-refractivity contribution in [3.8, 4) is 0 Å². The van der Waals surface area contributed by atoms with Crippen LogP contribution in [0.1, 0.15) is 51.3 Å². The number of aliphatic hydroxyl groups is 1. The summed E-state index contributed by atoms with van der Waals surface area (Å²) in [5, 5.41) is 17.3. The minimum atomic E-state index is -4.05. The molecule has 3 aromatic rings. The molecule has 1 aliphatic rings. The van der Waals surface area contributed by atoms with Gasteiger partial charge in [0.15, 0.2) is 0 Å². The van der Waals surface area contributed by atoms with Crippen LogP contribution in [-0.2, 0) is 33.7 Å². The third-order valence-electron chi connectivity index (χ3n) is 6.37. The average Bonchev–Trinajstić information content (AvgIpc) is 3.44. The average molecular weight is 516 g/mol. The van der Waals surface area contributed by atoms with Gasteiger partial charge in [0.25, 0.3) is 0 Å². The molecule has 186 valence electrons. The maximum absolute atomic E-state index is 13.3. The Morgan fingerprint density at radius 3 is 2.71 bits per heavy atom. The fourth-order valence-electron chi connectivity index (χ4n) is 4.62. The summed E-state index contributed by atoms with van der Waals surface area (Å²) in [7, 11) is -4.05. The lowest BCUT2D eigenvalue weighted by Crippen LogP contribution is -2.24. The van der Waals surface area contributed by atoms with Gasteiger partial charge in [-0.05, 0) is 67.0 Å². The second-order valence-corrected chi connectivity index (χ2v) is 11.1. The maximum atomic E-state index is 13.3. The number of hydrogen-bond donors (Lipinski definition) is 2. The molecular weight excluding hydrogens is 486 g/mol. The Balaban J connectivity index is 1.37. The molecule has 3 atom stereocenters. The summed E-state index contributed by atoms with van der Waals surface area (Å²) in [5.41, 5.74) is 3.54. The molecule has 1 aromatic carbocycles. The second-order valence-electron chi connectivity index (χ2n) is 9.02. The van der Waals surface area contributed by atoms with Crippen molar-refractivity contribution in [2.45, 2.75) is 44.6 Å². The van der Waals surface area contributed by atoms with E-state index in [-0.39, 0.29) is 24.2 Å². The molecule has 0 amide bonds. The molecule has 2 aromatic heterocycles. The normalized spacial score (nSPS) is 20.2. The number of thiophene rings is 1. The van der Waals surface area contributed by atoms with E-state index in [0.29, 0.717) is 35.4 Å². The van der Waals surface area contributed by atoms with Crippen molar-refractivity contribution in [3.05, 3.63) is 81.6 Å². The van der Waals surface area contributed by atoms with Crippen molar-refractivity contribution in [1.82, 2.24) is 9.97 Å². The molecule has 1 aliphatic carbocycles. The Bertz CT molecular complexity index is 1250. The van der Waals surface area contributed by atoms with Crippen LogP contribution in [-0.4, -0.2) is 42.0 Å². The van der Waals surface area contributed by atoms with E-state index in [1.165, 1.54) is 23.2 Å². The summed E-state index contributed by atoms with van der Waals surface area (Å²) in [4.78, 5) is 22.3. The summed E-state index contributed by atoms with van der Waals surface area (Å²) >= 11 is 1.43. The standard InChI is InChI=1S/C25H29N3O5S2/c26-35(31,32)33-14-20-9-19(11-23(20)29)10-22-21(13-27-16-28-22)25(30)24-12-18(15-34-24)8-4-7-17-5-2-1-3-6-17/h1-3,5-6,12-13,15-16,19-20,23,29H,4,7-11,14H2,(H2,26,31,32)/t19-,20+,23-/m0/s1. The van der Waals surface area contributed by atoms with Gasteiger partial charge in [0, 0.05) is 12.1 Å². The van der Waals surface area contributed by atoms with E-state index in [0.717, 1.165) is 24.8 Å². The summed E-state index contributed by atoms with van der Waals surface area (Å²) in [6.07, 6.45) is 6.69. The summed E-state index contributed by atoms with van der Waals surface area (Å²) in [6.45, 7) is -0.158. The molecule has 0 aliphatic heterocycles. The Morgan fingerprint density at radius 2 is 1.94 bits per heavy atom. The highest BCUT2D eigenvalue weighted by molar-refractivity contribution is 7.84. The first-order valence-corrected chi connectivity index (χ1v) is 13.9. The number of aryl methyl sites for hydroxylation is 2. The molecule has 35 heavy (non-hydrogen) atoms. The van der Waals surface area contributed by atoms with Crippen molar-refractivity contribution >= 4 is 27.4 Å². The molecule has 0 radical (unpaired) electrons. The van der Waals surface area contributed by atoms with Gasteiger partial charge in [-0.2, -0.15) is 8.42 Å². The lowest BCUT2D eigenvalue weighted by atomic mass is 9.96. The molecule has 0 bridgehead atoms. The van der Waals surface area contributed by atoms with Gasteiger partial charge in [-0.1, -0.05) is 30.3 Å². The Hall–Kier alpha value is -2.50. The monoisotopic (exact) mass is 515 g/mol. The summed E-state index contributed by atoms with van der Waals surface area (Å²) in [5.74, 6) is -0.403. The number of carbonyl (C=O) groups is 1. The van der Waals surface area contributed by atoms with Gasteiger partial charge in [0.1, 0.15) is 6.33 Å². The number of aromatic nitrogens is 2. The quantitative estimate of drug-likeness (QED) is 0.375. The predicted molar refractivity (Wildman–Crippen MR) is 133 cm³/mol. The Labute approximate surface area is 209 Å². The van der Waals surface area contributed by atoms with Crippen molar-refractivity contribution in [3.63, 3.8) is 0 Å². The van der Waals surface area contributed by atoms with E-state index in [4.69, 9.17) is 5.14 Å². The first-order chi connectivity index (χ1) is 16.8. The van der Waals surface area contributed by atoms with Crippen LogP contribution in [0.3, 0.4) is 0 Å². The first kappa shape index (κ1) is 25.6. The molecule has 1 fully saturated rings. The minimum Gasteiger partial charge on any atom is -0.393 e. The van der Waals surface area contributed by atoms with Crippen LogP contribution in [0.15, 0.2) is 54.3 Å². The van der Waals surface area contributed by atoms with Crippen LogP contribution in [0.5, 0.6) is 0 Å². The van der Waals surface area contributed by atoms with Gasteiger partial charge >= 0.3 is 10.3 Å². The number of benzene rings is 1. The number of nitrogens with zero attached hydrogens (tertiary/aromatic N) is 2. The molecule has 8 nitrogen and oxygen atoms in total. The highest BCUT2D eigenvalue weighted by Crippen LogP contribution is 2.34. The number of hydrogen-bond acceptors (Lipinski definition) is 8. The highest BCUT2D eigenvalue weighted by atomic mass is 32.2. The van der Waals surface area contributed by atoms with Crippen LogP contribution in [0, 0.1) is 11.8 Å². The third kappa shape index (κ3) is 7.25. The Morgan fingerprint density at radius 1 is 1.17 bits per heavy atom. The van der Waals surface area contributed by atoms with E-state index >= 15 is 0 Å². The van der Waals surface area contributed by atoms with Crippen molar-refractivity contribution in [2.75, 3.05) is 6.61 Å². The smallest absolute Gasteiger partial charge is 0.333 e. The van der Waals surface area contributed by atoms with Crippen molar-refractivity contribution in [2.24, 2.45) is 17.0 Å².